The van der Waals surface area contributed by atoms with Crippen molar-refractivity contribution in [3.05, 3.63) is 28.2 Å². The molecule has 1 aromatic rings. The van der Waals surface area contributed by atoms with E-state index in [1.54, 1.807) is 0 Å². The zero-order chi connectivity index (χ0) is 12.6. The van der Waals surface area contributed by atoms with Gasteiger partial charge in [-0.2, -0.15) is 0 Å². The number of nitrogens with one attached hydrogen (secondary N) is 1. The van der Waals surface area contributed by atoms with Crippen LogP contribution in [0.4, 0.5) is 13.6 Å². The lowest BCUT2D eigenvalue weighted by Gasteiger charge is -2.32. The van der Waals surface area contributed by atoms with Crippen LogP contribution in [-0.4, -0.2) is 23.7 Å². The molecule has 0 spiro atoms. The standard InChI is InChI=1S/C10H8BrF2NO3.ClH/c11-7-2-1-5(15)3-6(7)8-10(12,13)4-17-9(16)14-8;/h1-3,8,15H,4H2,(H,14,16);1H/t8-;/m0./s1. The molecule has 1 fully saturated rings. The molecule has 1 atom stereocenters. The van der Waals surface area contributed by atoms with Crippen LogP contribution in [0.3, 0.4) is 0 Å². The second kappa shape index (κ2) is 5.27. The molecule has 4 nitrogen and oxygen atoms in total. The van der Waals surface area contributed by atoms with Crippen molar-refractivity contribution in [1.29, 1.82) is 0 Å². The Morgan fingerprint density at radius 3 is 2.83 bits per heavy atom. The highest BCUT2D eigenvalue weighted by Crippen LogP contribution is 2.38. The number of rotatable bonds is 1. The van der Waals surface area contributed by atoms with E-state index in [0.29, 0.717) is 4.47 Å². The smallest absolute Gasteiger partial charge is 0.408 e. The molecule has 8 heteroatoms. The largest absolute Gasteiger partial charge is 0.508 e. The van der Waals surface area contributed by atoms with Gasteiger partial charge >= 0.3 is 12.0 Å². The number of ether oxygens (including phenoxy) is 1. The van der Waals surface area contributed by atoms with Crippen LogP contribution in [0, 0.1) is 0 Å². The van der Waals surface area contributed by atoms with E-state index in [2.05, 4.69) is 20.7 Å². The maximum Gasteiger partial charge on any atom is 0.408 e. The monoisotopic (exact) mass is 343 g/mol. The first-order valence-corrected chi connectivity index (χ1v) is 5.49. The van der Waals surface area contributed by atoms with E-state index in [1.807, 2.05) is 5.32 Å². The summed E-state index contributed by atoms with van der Waals surface area (Å²) in [6, 6.07) is 2.44. The zero-order valence-corrected chi connectivity index (χ0v) is 11.2. The third-order valence-electron chi connectivity index (χ3n) is 2.37. The molecule has 0 radical (unpaired) electrons. The van der Waals surface area contributed by atoms with Gasteiger partial charge in [-0.05, 0) is 23.8 Å². The van der Waals surface area contributed by atoms with Crippen molar-refractivity contribution in [3.63, 3.8) is 0 Å². The Morgan fingerprint density at radius 1 is 1.50 bits per heavy atom. The molecular weight excluding hydrogens is 335 g/mol. The minimum atomic E-state index is -3.23. The van der Waals surface area contributed by atoms with Gasteiger partial charge in [0.05, 0.1) is 0 Å². The number of carbonyl (C=O) groups is 1. The van der Waals surface area contributed by atoms with Gasteiger partial charge in [-0.1, -0.05) is 15.9 Å². The summed E-state index contributed by atoms with van der Waals surface area (Å²) in [5, 5.41) is 11.3. The number of alkyl carbamates (subject to hydrolysis) is 1. The normalized spacial score (nSPS) is 21.5. The molecule has 0 aromatic heterocycles. The fourth-order valence-electron chi connectivity index (χ4n) is 1.57. The highest BCUT2D eigenvalue weighted by atomic mass is 79.9. The molecule has 2 rings (SSSR count). The molecule has 1 aromatic carbocycles. The number of amides is 1. The van der Waals surface area contributed by atoms with Crippen molar-refractivity contribution in [2.45, 2.75) is 12.0 Å². The van der Waals surface area contributed by atoms with Gasteiger partial charge in [-0.15, -0.1) is 12.4 Å². The highest BCUT2D eigenvalue weighted by Gasteiger charge is 2.47. The van der Waals surface area contributed by atoms with Gasteiger partial charge in [0.2, 0.25) is 0 Å². The van der Waals surface area contributed by atoms with Crippen LogP contribution in [0.2, 0.25) is 0 Å². The maximum atomic E-state index is 13.6. The third-order valence-corrected chi connectivity index (χ3v) is 3.09. The van der Waals surface area contributed by atoms with E-state index in [9.17, 15) is 18.7 Å². The van der Waals surface area contributed by atoms with Gasteiger partial charge in [0.15, 0.2) is 6.61 Å². The number of aromatic hydroxyl groups is 1. The predicted molar refractivity (Wildman–Crippen MR) is 65.2 cm³/mol. The molecule has 0 unspecified atom stereocenters. The lowest BCUT2D eigenvalue weighted by molar-refractivity contribution is -0.104. The molecule has 1 aliphatic rings. The van der Waals surface area contributed by atoms with Crippen LogP contribution in [0.1, 0.15) is 11.6 Å². The molecule has 18 heavy (non-hydrogen) atoms. The minimum Gasteiger partial charge on any atom is -0.508 e. The quantitative estimate of drug-likeness (QED) is 0.823. The summed E-state index contributed by atoms with van der Waals surface area (Å²) in [4.78, 5) is 11.0. The van der Waals surface area contributed by atoms with Crippen molar-refractivity contribution in [2.24, 2.45) is 0 Å². The number of phenolic OH excluding ortho intramolecular Hbond substituents is 1. The second-order valence-corrected chi connectivity index (χ2v) is 4.47. The van der Waals surface area contributed by atoms with Crippen LogP contribution in [-0.2, 0) is 4.74 Å². The predicted octanol–water partition coefficient (Wildman–Crippen LogP) is 2.99. The molecule has 0 saturated carbocycles. The van der Waals surface area contributed by atoms with E-state index >= 15 is 0 Å². The first kappa shape index (κ1) is 15.0. The number of carbonyl (C=O) groups excluding carboxylic acids is 1. The molecule has 1 heterocycles. The SMILES string of the molecule is Cl.O=C1N[C@@H](c2cc(O)ccc2Br)C(F)(F)CO1. The molecule has 2 N–H and O–H groups in total. The number of hydrogen-bond acceptors (Lipinski definition) is 3. The number of phenols is 1. The van der Waals surface area contributed by atoms with Gasteiger partial charge in [0.25, 0.3) is 0 Å². The first-order chi connectivity index (χ1) is 7.90. The summed E-state index contributed by atoms with van der Waals surface area (Å²) in [6.45, 7) is -0.981. The van der Waals surface area contributed by atoms with Crippen molar-refractivity contribution in [2.75, 3.05) is 6.61 Å². The molecule has 100 valence electrons. The van der Waals surface area contributed by atoms with Crippen LogP contribution < -0.4 is 5.32 Å². The van der Waals surface area contributed by atoms with E-state index in [0.717, 1.165) is 0 Å². The van der Waals surface area contributed by atoms with Crippen molar-refractivity contribution in [3.8, 4) is 5.75 Å². The molecule has 1 saturated heterocycles. The molecule has 1 amide bonds. The summed E-state index contributed by atoms with van der Waals surface area (Å²) in [5.74, 6) is -3.38. The fraction of sp³-hybridized carbons (Fsp3) is 0.300. The van der Waals surface area contributed by atoms with Crippen LogP contribution >= 0.6 is 28.3 Å². The summed E-state index contributed by atoms with van der Waals surface area (Å²) >= 11 is 3.10. The Kier molecular flexibility index (Phi) is 4.39. The lowest BCUT2D eigenvalue weighted by atomic mass is 10.00. The Labute approximate surface area is 116 Å². The van der Waals surface area contributed by atoms with Crippen LogP contribution in [0.15, 0.2) is 22.7 Å². The molecular formula is C10H9BrClF2NO3. The fourth-order valence-corrected chi connectivity index (χ4v) is 2.04. The number of alkyl halides is 2. The zero-order valence-electron chi connectivity index (χ0n) is 8.82. The van der Waals surface area contributed by atoms with E-state index in [4.69, 9.17) is 0 Å². The Morgan fingerprint density at radius 2 is 2.17 bits per heavy atom. The molecule has 0 aliphatic carbocycles. The topological polar surface area (TPSA) is 58.6 Å². The maximum absolute atomic E-state index is 13.6. The first-order valence-electron chi connectivity index (χ1n) is 4.70. The third kappa shape index (κ3) is 2.84. The van der Waals surface area contributed by atoms with E-state index in [-0.39, 0.29) is 23.7 Å². The van der Waals surface area contributed by atoms with Crippen molar-refractivity contribution in [1.82, 2.24) is 5.32 Å². The Hall–Kier alpha value is -1.08. The van der Waals surface area contributed by atoms with Gasteiger partial charge in [-0.3, -0.25) is 0 Å². The Balaban J connectivity index is 0.00000162. The lowest BCUT2D eigenvalue weighted by Crippen LogP contribution is -2.49. The van der Waals surface area contributed by atoms with Crippen molar-refractivity contribution >= 4 is 34.4 Å². The molecule has 0 bridgehead atoms. The van der Waals surface area contributed by atoms with E-state index in [1.165, 1.54) is 18.2 Å². The van der Waals surface area contributed by atoms with Crippen LogP contribution in [0.5, 0.6) is 5.75 Å². The average Bonchev–Trinajstić information content (AvgIpc) is 2.26. The van der Waals surface area contributed by atoms with Gasteiger partial charge in [0.1, 0.15) is 11.8 Å². The van der Waals surface area contributed by atoms with Crippen LogP contribution in [0.25, 0.3) is 0 Å². The van der Waals surface area contributed by atoms with Gasteiger partial charge in [-0.25, -0.2) is 13.6 Å². The number of hydrogen-bond donors (Lipinski definition) is 2. The van der Waals surface area contributed by atoms with Gasteiger partial charge in [0, 0.05) is 4.47 Å². The average molecular weight is 345 g/mol. The Bertz CT molecular complexity index is 472. The number of cyclic esters (lactones) is 1. The van der Waals surface area contributed by atoms with E-state index < -0.39 is 24.7 Å². The minimum absolute atomic E-state index is 0. The molecule has 1 aliphatic heterocycles. The van der Waals surface area contributed by atoms with Crippen molar-refractivity contribution < 1.29 is 23.4 Å². The van der Waals surface area contributed by atoms with Gasteiger partial charge < -0.3 is 15.2 Å². The summed E-state index contributed by atoms with van der Waals surface area (Å²) in [6.07, 6.45) is -0.906. The summed E-state index contributed by atoms with van der Waals surface area (Å²) in [7, 11) is 0. The summed E-state index contributed by atoms with van der Waals surface area (Å²) in [5.41, 5.74) is 0.103. The summed E-state index contributed by atoms with van der Waals surface area (Å²) < 4.78 is 31.8. The second-order valence-electron chi connectivity index (χ2n) is 3.62. The number of halogens is 4. The number of benzene rings is 1. The highest BCUT2D eigenvalue weighted by molar-refractivity contribution is 9.10.